The Hall–Kier alpha value is -2.44. The molecule has 0 aliphatic carbocycles. The highest BCUT2D eigenvalue weighted by Gasteiger charge is 2.12. The second-order valence-electron chi connectivity index (χ2n) is 2.78. The lowest BCUT2D eigenvalue weighted by atomic mass is 10.4. The zero-order chi connectivity index (χ0) is 10.8. The number of rotatable bonds is 2. The normalized spacial score (nSPS) is 10.1. The summed E-state index contributed by atoms with van der Waals surface area (Å²) in [6.45, 7) is 0. The van der Waals surface area contributed by atoms with E-state index < -0.39 is 5.91 Å². The fraction of sp³-hybridized carbons (Fsp3) is 0. The molecular weight excluding hydrogens is 196 g/mol. The summed E-state index contributed by atoms with van der Waals surface area (Å²) in [4.78, 5) is 18.8. The zero-order valence-corrected chi connectivity index (χ0v) is 7.66. The molecule has 0 aromatic carbocycles. The third-order valence-corrected chi connectivity index (χ3v) is 1.74. The van der Waals surface area contributed by atoms with E-state index in [4.69, 9.17) is 11.5 Å². The summed E-state index contributed by atoms with van der Waals surface area (Å²) in [5.41, 5.74) is 10.6. The van der Waals surface area contributed by atoms with Crippen LogP contribution in [-0.2, 0) is 0 Å². The first-order valence-corrected chi connectivity index (χ1v) is 4.11. The Balaban J connectivity index is 2.57. The van der Waals surface area contributed by atoms with Crippen molar-refractivity contribution < 1.29 is 4.79 Å². The predicted molar refractivity (Wildman–Crippen MR) is 52.1 cm³/mol. The van der Waals surface area contributed by atoms with E-state index in [9.17, 15) is 4.79 Å². The van der Waals surface area contributed by atoms with Gasteiger partial charge < -0.3 is 11.5 Å². The van der Waals surface area contributed by atoms with E-state index in [-0.39, 0.29) is 11.5 Å². The molecule has 0 fully saturated rings. The van der Waals surface area contributed by atoms with Gasteiger partial charge in [0.2, 0.25) is 0 Å². The number of anilines is 1. The van der Waals surface area contributed by atoms with E-state index in [1.165, 1.54) is 17.1 Å². The molecule has 7 heteroatoms. The highest BCUT2D eigenvalue weighted by atomic mass is 16.1. The summed E-state index contributed by atoms with van der Waals surface area (Å²) in [7, 11) is 0. The van der Waals surface area contributed by atoms with Crippen molar-refractivity contribution in [2.24, 2.45) is 5.73 Å². The predicted octanol–water partition coefficient (Wildman–Crippen LogP) is -0.657. The highest BCUT2D eigenvalue weighted by molar-refractivity contribution is 5.93. The van der Waals surface area contributed by atoms with Crippen molar-refractivity contribution >= 4 is 11.7 Å². The Kier molecular flexibility index (Phi) is 2.05. The molecule has 0 saturated heterocycles. The van der Waals surface area contributed by atoms with E-state index >= 15 is 0 Å². The Morgan fingerprint density at radius 3 is 2.67 bits per heavy atom. The van der Waals surface area contributed by atoms with Crippen molar-refractivity contribution in [3.63, 3.8) is 0 Å². The largest absolute Gasteiger partial charge is 0.382 e. The standard InChI is InChI=1S/C8H8N6O/c9-5-1-4-14(13-5)8-6(7(10)15)11-2-3-12-8/h1-4H,(H2,9,13)(H2,10,15). The number of primary amides is 1. The monoisotopic (exact) mass is 204 g/mol. The lowest BCUT2D eigenvalue weighted by Gasteiger charge is -2.02. The minimum Gasteiger partial charge on any atom is -0.382 e. The van der Waals surface area contributed by atoms with Gasteiger partial charge in [-0.3, -0.25) is 4.79 Å². The maximum Gasteiger partial charge on any atom is 0.271 e. The first-order chi connectivity index (χ1) is 7.18. The molecule has 15 heavy (non-hydrogen) atoms. The van der Waals surface area contributed by atoms with Gasteiger partial charge in [0.1, 0.15) is 5.82 Å². The van der Waals surface area contributed by atoms with Gasteiger partial charge >= 0.3 is 0 Å². The van der Waals surface area contributed by atoms with Crippen molar-refractivity contribution in [2.75, 3.05) is 5.73 Å². The molecule has 0 radical (unpaired) electrons. The van der Waals surface area contributed by atoms with Crippen LogP contribution in [0.5, 0.6) is 0 Å². The molecule has 2 rings (SSSR count). The van der Waals surface area contributed by atoms with Crippen molar-refractivity contribution in [1.82, 2.24) is 19.7 Å². The fourth-order valence-corrected chi connectivity index (χ4v) is 1.13. The number of nitrogen functional groups attached to an aromatic ring is 1. The van der Waals surface area contributed by atoms with Gasteiger partial charge in [0, 0.05) is 24.7 Å². The van der Waals surface area contributed by atoms with Gasteiger partial charge in [-0.05, 0) is 0 Å². The van der Waals surface area contributed by atoms with E-state index in [1.807, 2.05) is 0 Å². The molecular formula is C8H8N6O. The molecule has 0 aliphatic heterocycles. The summed E-state index contributed by atoms with van der Waals surface area (Å²) >= 11 is 0. The van der Waals surface area contributed by atoms with E-state index in [0.29, 0.717) is 5.82 Å². The van der Waals surface area contributed by atoms with Crippen LogP contribution in [0.1, 0.15) is 10.5 Å². The molecule has 2 heterocycles. The molecule has 76 valence electrons. The maximum absolute atomic E-state index is 11.0. The van der Waals surface area contributed by atoms with Crippen molar-refractivity contribution in [3.05, 3.63) is 30.4 Å². The second-order valence-corrected chi connectivity index (χ2v) is 2.78. The minimum absolute atomic E-state index is 0.0561. The van der Waals surface area contributed by atoms with Gasteiger partial charge in [0.25, 0.3) is 5.91 Å². The van der Waals surface area contributed by atoms with Crippen LogP contribution in [0.3, 0.4) is 0 Å². The summed E-state index contributed by atoms with van der Waals surface area (Å²) in [6.07, 6.45) is 4.40. The van der Waals surface area contributed by atoms with E-state index in [2.05, 4.69) is 15.1 Å². The van der Waals surface area contributed by atoms with E-state index in [1.54, 1.807) is 12.3 Å². The maximum atomic E-state index is 11.0. The lowest BCUT2D eigenvalue weighted by molar-refractivity contribution is 0.0995. The molecule has 0 saturated carbocycles. The molecule has 1 amide bonds. The summed E-state index contributed by atoms with van der Waals surface area (Å²) < 4.78 is 1.35. The Morgan fingerprint density at radius 1 is 1.33 bits per heavy atom. The smallest absolute Gasteiger partial charge is 0.271 e. The van der Waals surface area contributed by atoms with Crippen LogP contribution >= 0.6 is 0 Å². The second kappa shape index (κ2) is 3.37. The molecule has 2 aromatic rings. The van der Waals surface area contributed by atoms with Gasteiger partial charge in [0.05, 0.1) is 0 Å². The first kappa shape index (κ1) is 9.13. The van der Waals surface area contributed by atoms with Crippen LogP contribution in [0.25, 0.3) is 5.82 Å². The SMILES string of the molecule is NC(=O)c1nccnc1-n1ccc(N)n1. The Morgan fingerprint density at radius 2 is 2.07 bits per heavy atom. The van der Waals surface area contributed by atoms with Crippen LogP contribution in [0.15, 0.2) is 24.7 Å². The van der Waals surface area contributed by atoms with Crippen LogP contribution in [0.2, 0.25) is 0 Å². The molecule has 0 spiro atoms. The van der Waals surface area contributed by atoms with E-state index in [0.717, 1.165) is 0 Å². The van der Waals surface area contributed by atoms with Gasteiger partial charge in [-0.1, -0.05) is 0 Å². The van der Waals surface area contributed by atoms with Gasteiger partial charge in [-0.15, -0.1) is 5.10 Å². The molecule has 4 N–H and O–H groups in total. The van der Waals surface area contributed by atoms with Crippen LogP contribution in [-0.4, -0.2) is 25.7 Å². The third-order valence-electron chi connectivity index (χ3n) is 1.74. The van der Waals surface area contributed by atoms with Gasteiger partial charge in [0.15, 0.2) is 11.5 Å². The fourth-order valence-electron chi connectivity index (χ4n) is 1.13. The number of nitrogens with two attached hydrogens (primary N) is 2. The molecule has 2 aromatic heterocycles. The highest BCUT2D eigenvalue weighted by Crippen LogP contribution is 2.08. The number of carbonyl (C=O) groups excluding carboxylic acids is 1. The Labute approximate surface area is 84.7 Å². The summed E-state index contributed by atoms with van der Waals surface area (Å²) in [5.74, 6) is -0.0649. The minimum atomic E-state index is -0.660. The average molecular weight is 204 g/mol. The Bertz CT molecular complexity index is 505. The van der Waals surface area contributed by atoms with Crippen LogP contribution < -0.4 is 11.5 Å². The van der Waals surface area contributed by atoms with Gasteiger partial charge in [-0.2, -0.15) is 0 Å². The number of nitrogens with zero attached hydrogens (tertiary/aromatic N) is 4. The quantitative estimate of drug-likeness (QED) is 0.674. The number of amides is 1. The molecule has 0 bridgehead atoms. The molecule has 0 atom stereocenters. The summed E-state index contributed by atoms with van der Waals surface area (Å²) in [5, 5.41) is 3.91. The number of hydrogen-bond acceptors (Lipinski definition) is 5. The molecule has 7 nitrogen and oxygen atoms in total. The average Bonchev–Trinajstić information content (AvgIpc) is 2.65. The zero-order valence-electron chi connectivity index (χ0n) is 7.66. The van der Waals surface area contributed by atoms with Gasteiger partial charge in [-0.25, -0.2) is 14.6 Å². The number of hydrogen-bond donors (Lipinski definition) is 2. The van der Waals surface area contributed by atoms with Crippen LogP contribution in [0.4, 0.5) is 5.82 Å². The first-order valence-electron chi connectivity index (χ1n) is 4.11. The van der Waals surface area contributed by atoms with Crippen molar-refractivity contribution in [3.8, 4) is 5.82 Å². The topological polar surface area (TPSA) is 113 Å². The summed E-state index contributed by atoms with van der Waals surface area (Å²) in [6, 6.07) is 1.58. The van der Waals surface area contributed by atoms with Crippen molar-refractivity contribution in [1.29, 1.82) is 0 Å². The number of aromatic nitrogens is 4. The molecule has 0 aliphatic rings. The van der Waals surface area contributed by atoms with Crippen LogP contribution in [0, 0.1) is 0 Å². The van der Waals surface area contributed by atoms with Crippen molar-refractivity contribution in [2.45, 2.75) is 0 Å². The lowest BCUT2D eigenvalue weighted by Crippen LogP contribution is -2.18. The third kappa shape index (κ3) is 1.62. The number of carbonyl (C=O) groups is 1. The molecule has 0 unspecified atom stereocenters.